The van der Waals surface area contributed by atoms with Crippen LogP contribution in [0.4, 0.5) is 5.82 Å². The molecule has 1 fully saturated rings. The SMILES string of the molecule is OCCN(c1ncc(Br)cc1CO)C1CC1. The van der Waals surface area contributed by atoms with E-state index in [1.807, 2.05) is 6.07 Å². The van der Waals surface area contributed by atoms with E-state index in [0.29, 0.717) is 12.6 Å². The van der Waals surface area contributed by atoms with Gasteiger partial charge in [0.15, 0.2) is 0 Å². The van der Waals surface area contributed by atoms with Crippen molar-refractivity contribution in [2.75, 3.05) is 18.1 Å². The number of rotatable bonds is 5. The van der Waals surface area contributed by atoms with E-state index in [9.17, 15) is 5.11 Å². The van der Waals surface area contributed by atoms with Crippen molar-refractivity contribution in [3.63, 3.8) is 0 Å². The molecule has 1 saturated carbocycles. The monoisotopic (exact) mass is 286 g/mol. The van der Waals surface area contributed by atoms with Gasteiger partial charge in [-0.25, -0.2) is 4.98 Å². The van der Waals surface area contributed by atoms with Crippen LogP contribution in [-0.4, -0.2) is 34.4 Å². The van der Waals surface area contributed by atoms with Gasteiger partial charge in [-0.3, -0.25) is 0 Å². The Morgan fingerprint density at radius 1 is 1.44 bits per heavy atom. The zero-order valence-electron chi connectivity index (χ0n) is 8.93. The second-order valence-electron chi connectivity index (χ2n) is 3.94. The van der Waals surface area contributed by atoms with Crippen LogP contribution < -0.4 is 4.90 Å². The van der Waals surface area contributed by atoms with Gasteiger partial charge in [0.2, 0.25) is 0 Å². The van der Waals surface area contributed by atoms with Crippen molar-refractivity contribution in [2.24, 2.45) is 0 Å². The molecule has 0 saturated heterocycles. The number of aromatic nitrogens is 1. The van der Waals surface area contributed by atoms with Crippen LogP contribution in [0.2, 0.25) is 0 Å². The third-order valence-electron chi connectivity index (χ3n) is 2.68. The van der Waals surface area contributed by atoms with Crippen LogP contribution in [0.15, 0.2) is 16.7 Å². The Bertz CT molecular complexity index is 369. The van der Waals surface area contributed by atoms with Crippen LogP contribution in [0.1, 0.15) is 18.4 Å². The van der Waals surface area contributed by atoms with Crippen LogP contribution in [-0.2, 0) is 6.61 Å². The minimum Gasteiger partial charge on any atom is -0.395 e. The van der Waals surface area contributed by atoms with Crippen molar-refractivity contribution in [3.05, 3.63) is 22.3 Å². The smallest absolute Gasteiger partial charge is 0.134 e. The van der Waals surface area contributed by atoms with Gasteiger partial charge in [-0.2, -0.15) is 0 Å². The molecule has 1 aromatic heterocycles. The highest BCUT2D eigenvalue weighted by Gasteiger charge is 2.30. The number of halogens is 1. The molecule has 1 aliphatic rings. The first kappa shape index (κ1) is 11.8. The average Bonchev–Trinajstić information content (AvgIpc) is 3.10. The summed E-state index contributed by atoms with van der Waals surface area (Å²) in [5, 5.41) is 18.4. The number of anilines is 1. The van der Waals surface area contributed by atoms with Gasteiger partial charge < -0.3 is 15.1 Å². The molecule has 0 bridgehead atoms. The van der Waals surface area contributed by atoms with Gasteiger partial charge in [0.25, 0.3) is 0 Å². The van der Waals surface area contributed by atoms with E-state index in [0.717, 1.165) is 28.7 Å². The first-order valence-electron chi connectivity index (χ1n) is 5.39. The lowest BCUT2D eigenvalue weighted by Crippen LogP contribution is -2.30. The predicted octanol–water partition coefficient (Wildman–Crippen LogP) is 1.30. The van der Waals surface area contributed by atoms with Crippen molar-refractivity contribution in [1.82, 2.24) is 4.98 Å². The normalized spacial score (nSPS) is 15.2. The number of nitrogens with zero attached hydrogens (tertiary/aromatic N) is 2. The van der Waals surface area contributed by atoms with E-state index < -0.39 is 0 Å². The summed E-state index contributed by atoms with van der Waals surface area (Å²) < 4.78 is 0.861. The molecule has 5 heteroatoms. The van der Waals surface area contributed by atoms with E-state index in [-0.39, 0.29) is 13.2 Å². The second-order valence-corrected chi connectivity index (χ2v) is 4.86. The number of aliphatic hydroxyl groups excluding tert-OH is 2. The van der Waals surface area contributed by atoms with Crippen LogP contribution in [0.5, 0.6) is 0 Å². The Balaban J connectivity index is 2.28. The van der Waals surface area contributed by atoms with E-state index in [4.69, 9.17) is 5.11 Å². The summed E-state index contributed by atoms with van der Waals surface area (Å²) >= 11 is 3.34. The molecule has 0 atom stereocenters. The lowest BCUT2D eigenvalue weighted by atomic mass is 10.2. The van der Waals surface area contributed by atoms with Crippen LogP contribution in [0.3, 0.4) is 0 Å². The van der Waals surface area contributed by atoms with Gasteiger partial charge in [0.1, 0.15) is 5.82 Å². The highest BCUT2D eigenvalue weighted by atomic mass is 79.9. The fourth-order valence-electron chi connectivity index (χ4n) is 1.80. The minimum atomic E-state index is -0.0313. The van der Waals surface area contributed by atoms with Gasteiger partial charge in [-0.05, 0) is 34.8 Å². The van der Waals surface area contributed by atoms with Crippen molar-refractivity contribution in [2.45, 2.75) is 25.5 Å². The average molecular weight is 287 g/mol. The summed E-state index contributed by atoms with van der Waals surface area (Å²) in [6.07, 6.45) is 4.01. The molecular weight excluding hydrogens is 272 g/mol. The number of aliphatic hydroxyl groups is 2. The summed E-state index contributed by atoms with van der Waals surface area (Å²) in [6, 6.07) is 2.35. The van der Waals surface area contributed by atoms with Gasteiger partial charge in [0, 0.05) is 28.8 Å². The molecule has 88 valence electrons. The molecule has 0 spiro atoms. The quantitative estimate of drug-likeness (QED) is 0.857. The fourth-order valence-corrected chi connectivity index (χ4v) is 2.18. The molecule has 0 aliphatic heterocycles. The first-order valence-corrected chi connectivity index (χ1v) is 6.18. The predicted molar refractivity (Wildman–Crippen MR) is 65.3 cm³/mol. The maximum absolute atomic E-state index is 9.31. The minimum absolute atomic E-state index is 0.0313. The fraction of sp³-hybridized carbons (Fsp3) is 0.545. The van der Waals surface area contributed by atoms with Gasteiger partial charge >= 0.3 is 0 Å². The standard InChI is InChI=1S/C11H15BrN2O2/c12-9-5-8(7-16)11(13-6-9)14(3-4-15)10-1-2-10/h5-6,10,15-16H,1-4,7H2. The molecule has 4 nitrogen and oxygen atoms in total. The number of pyridine rings is 1. The molecule has 2 rings (SSSR count). The maximum atomic E-state index is 9.31. The van der Waals surface area contributed by atoms with E-state index >= 15 is 0 Å². The Morgan fingerprint density at radius 3 is 2.75 bits per heavy atom. The van der Waals surface area contributed by atoms with E-state index in [1.54, 1.807) is 6.20 Å². The second kappa shape index (κ2) is 5.12. The molecule has 2 N–H and O–H groups in total. The molecule has 1 aromatic rings. The van der Waals surface area contributed by atoms with Crippen molar-refractivity contribution >= 4 is 21.7 Å². The zero-order valence-corrected chi connectivity index (χ0v) is 10.5. The van der Waals surface area contributed by atoms with Gasteiger partial charge in [-0.1, -0.05) is 0 Å². The third-order valence-corrected chi connectivity index (χ3v) is 3.11. The van der Waals surface area contributed by atoms with Crippen LogP contribution >= 0.6 is 15.9 Å². The number of hydrogen-bond donors (Lipinski definition) is 2. The third kappa shape index (κ3) is 2.53. The molecule has 0 radical (unpaired) electrons. The summed E-state index contributed by atoms with van der Waals surface area (Å²) in [4.78, 5) is 6.42. The first-order chi connectivity index (χ1) is 7.76. The lowest BCUT2D eigenvalue weighted by molar-refractivity contribution is 0.280. The van der Waals surface area contributed by atoms with Crippen molar-refractivity contribution in [3.8, 4) is 0 Å². The summed E-state index contributed by atoms with van der Waals surface area (Å²) in [7, 11) is 0. The molecule has 1 aliphatic carbocycles. The van der Waals surface area contributed by atoms with Gasteiger partial charge in [-0.15, -0.1) is 0 Å². The Kier molecular flexibility index (Phi) is 3.78. The molecule has 0 amide bonds. The summed E-state index contributed by atoms with van der Waals surface area (Å²) in [5.74, 6) is 0.794. The van der Waals surface area contributed by atoms with Crippen molar-refractivity contribution in [1.29, 1.82) is 0 Å². The van der Waals surface area contributed by atoms with E-state index in [2.05, 4.69) is 25.8 Å². The maximum Gasteiger partial charge on any atom is 0.134 e. The van der Waals surface area contributed by atoms with Crippen LogP contribution in [0, 0.1) is 0 Å². The highest BCUT2D eigenvalue weighted by Crippen LogP contribution is 2.32. The van der Waals surface area contributed by atoms with Crippen LogP contribution in [0.25, 0.3) is 0 Å². The van der Waals surface area contributed by atoms with Crippen molar-refractivity contribution < 1.29 is 10.2 Å². The largest absolute Gasteiger partial charge is 0.395 e. The molecular formula is C11H15BrN2O2. The summed E-state index contributed by atoms with van der Waals surface area (Å²) in [5.41, 5.74) is 0.801. The highest BCUT2D eigenvalue weighted by molar-refractivity contribution is 9.10. The summed E-state index contributed by atoms with van der Waals surface area (Å²) in [6.45, 7) is 0.655. The Labute approximate surface area is 103 Å². The molecule has 1 heterocycles. The zero-order chi connectivity index (χ0) is 11.5. The Morgan fingerprint density at radius 2 is 2.19 bits per heavy atom. The van der Waals surface area contributed by atoms with Gasteiger partial charge in [0.05, 0.1) is 13.2 Å². The topological polar surface area (TPSA) is 56.6 Å². The molecule has 0 aromatic carbocycles. The Hall–Kier alpha value is -0.650. The number of hydrogen-bond acceptors (Lipinski definition) is 4. The van der Waals surface area contributed by atoms with E-state index in [1.165, 1.54) is 0 Å². The lowest BCUT2D eigenvalue weighted by Gasteiger charge is -2.24. The molecule has 16 heavy (non-hydrogen) atoms. The molecule has 0 unspecified atom stereocenters.